The van der Waals surface area contributed by atoms with Gasteiger partial charge in [-0.25, -0.2) is 0 Å². The molecule has 26 heavy (non-hydrogen) atoms. The van der Waals surface area contributed by atoms with Crippen molar-refractivity contribution in [2.75, 3.05) is 19.6 Å². The third-order valence-electron chi connectivity index (χ3n) is 5.13. The first kappa shape index (κ1) is 17.1. The van der Waals surface area contributed by atoms with Crippen molar-refractivity contribution in [1.82, 2.24) is 20.4 Å². The standard InChI is InChI=1S/C21H26N4O/c1-16-6-4-7-17(12-16)21-18(14-23-24-21)13-22-15-19(20-8-5-11-26-20)25-9-2-3-10-25/h4-8,11-12,14,19,22H,2-3,9-10,13,15H2,1H3,(H,23,24). The number of nitrogens with zero attached hydrogens (tertiary/aromatic N) is 2. The predicted molar refractivity (Wildman–Crippen MR) is 103 cm³/mol. The summed E-state index contributed by atoms with van der Waals surface area (Å²) in [5.41, 5.74) is 4.72. The van der Waals surface area contributed by atoms with Crippen LogP contribution < -0.4 is 5.32 Å². The number of aromatic amines is 1. The number of rotatable bonds is 7. The summed E-state index contributed by atoms with van der Waals surface area (Å²) >= 11 is 0. The van der Waals surface area contributed by atoms with Crippen molar-refractivity contribution in [2.24, 2.45) is 0 Å². The van der Waals surface area contributed by atoms with Crippen LogP contribution in [-0.2, 0) is 6.54 Å². The summed E-state index contributed by atoms with van der Waals surface area (Å²) in [4.78, 5) is 2.52. The average molecular weight is 350 g/mol. The van der Waals surface area contributed by atoms with Gasteiger partial charge in [-0.2, -0.15) is 5.10 Å². The molecule has 0 saturated carbocycles. The van der Waals surface area contributed by atoms with E-state index in [4.69, 9.17) is 4.42 Å². The van der Waals surface area contributed by atoms with Gasteiger partial charge in [0, 0.05) is 24.2 Å². The first-order valence-corrected chi connectivity index (χ1v) is 9.39. The highest BCUT2D eigenvalue weighted by Gasteiger charge is 2.25. The Hall–Kier alpha value is -2.37. The van der Waals surface area contributed by atoms with E-state index in [0.29, 0.717) is 6.04 Å². The lowest BCUT2D eigenvalue weighted by atomic mass is 10.1. The van der Waals surface area contributed by atoms with E-state index in [9.17, 15) is 0 Å². The summed E-state index contributed by atoms with van der Waals surface area (Å²) in [6.07, 6.45) is 6.24. The number of hydrogen-bond donors (Lipinski definition) is 2. The van der Waals surface area contributed by atoms with E-state index >= 15 is 0 Å². The molecule has 3 aromatic rings. The fourth-order valence-electron chi connectivity index (χ4n) is 3.78. The average Bonchev–Trinajstić information content (AvgIpc) is 3.41. The van der Waals surface area contributed by atoms with Gasteiger partial charge in [0.15, 0.2) is 0 Å². The Morgan fingerprint density at radius 3 is 2.88 bits per heavy atom. The van der Waals surface area contributed by atoms with E-state index in [0.717, 1.165) is 37.6 Å². The molecule has 2 aromatic heterocycles. The van der Waals surface area contributed by atoms with Crippen molar-refractivity contribution in [3.63, 3.8) is 0 Å². The van der Waals surface area contributed by atoms with Crippen LogP contribution in [0.15, 0.2) is 53.3 Å². The Balaban J connectivity index is 1.43. The van der Waals surface area contributed by atoms with Crippen LogP contribution in [0.5, 0.6) is 0 Å². The van der Waals surface area contributed by atoms with E-state index in [1.54, 1.807) is 6.26 Å². The van der Waals surface area contributed by atoms with E-state index in [1.807, 2.05) is 12.3 Å². The predicted octanol–water partition coefficient (Wildman–Crippen LogP) is 3.90. The van der Waals surface area contributed by atoms with Gasteiger partial charge in [-0.3, -0.25) is 10.00 Å². The van der Waals surface area contributed by atoms with Gasteiger partial charge in [0.1, 0.15) is 5.76 Å². The van der Waals surface area contributed by atoms with Crippen LogP contribution in [0.1, 0.15) is 35.8 Å². The summed E-state index contributed by atoms with van der Waals surface area (Å²) in [5, 5.41) is 11.0. The summed E-state index contributed by atoms with van der Waals surface area (Å²) in [6, 6.07) is 12.9. The quantitative estimate of drug-likeness (QED) is 0.678. The van der Waals surface area contributed by atoms with Crippen LogP contribution >= 0.6 is 0 Å². The van der Waals surface area contributed by atoms with Crippen LogP contribution in [0.25, 0.3) is 11.3 Å². The molecule has 1 aliphatic rings. The maximum absolute atomic E-state index is 5.70. The number of aromatic nitrogens is 2. The molecule has 5 nitrogen and oxygen atoms in total. The minimum Gasteiger partial charge on any atom is -0.468 e. The maximum atomic E-state index is 5.70. The molecule has 0 radical (unpaired) electrons. The van der Waals surface area contributed by atoms with Crippen molar-refractivity contribution in [3.05, 3.63) is 65.7 Å². The molecule has 1 aromatic carbocycles. The molecule has 0 spiro atoms. The number of benzene rings is 1. The highest BCUT2D eigenvalue weighted by molar-refractivity contribution is 5.63. The van der Waals surface area contributed by atoms with Crippen molar-refractivity contribution in [1.29, 1.82) is 0 Å². The summed E-state index contributed by atoms with van der Waals surface area (Å²) in [6.45, 7) is 6.05. The van der Waals surface area contributed by atoms with E-state index in [2.05, 4.69) is 57.7 Å². The molecule has 5 heteroatoms. The molecule has 0 bridgehead atoms. The van der Waals surface area contributed by atoms with Crippen LogP contribution in [0.2, 0.25) is 0 Å². The van der Waals surface area contributed by atoms with Crippen molar-refractivity contribution >= 4 is 0 Å². The zero-order valence-corrected chi connectivity index (χ0v) is 15.2. The molecule has 1 unspecified atom stereocenters. The molecule has 0 aliphatic carbocycles. The molecule has 2 N–H and O–H groups in total. The Labute approximate surface area is 154 Å². The van der Waals surface area contributed by atoms with E-state index < -0.39 is 0 Å². The first-order chi connectivity index (χ1) is 12.8. The minimum absolute atomic E-state index is 0.293. The lowest BCUT2D eigenvalue weighted by Crippen LogP contribution is -2.33. The topological polar surface area (TPSA) is 57.1 Å². The molecular weight excluding hydrogens is 324 g/mol. The van der Waals surface area contributed by atoms with E-state index in [-0.39, 0.29) is 0 Å². The number of aryl methyl sites for hydroxylation is 1. The smallest absolute Gasteiger partial charge is 0.122 e. The number of H-pyrrole nitrogens is 1. The largest absolute Gasteiger partial charge is 0.468 e. The molecule has 1 aliphatic heterocycles. The minimum atomic E-state index is 0.293. The molecule has 1 fully saturated rings. The second-order valence-electron chi connectivity index (χ2n) is 7.04. The third-order valence-corrected chi connectivity index (χ3v) is 5.13. The number of nitrogens with one attached hydrogen (secondary N) is 2. The SMILES string of the molecule is Cc1cccc(-c2[nH]ncc2CNCC(c2ccco2)N2CCCC2)c1. The fourth-order valence-corrected chi connectivity index (χ4v) is 3.78. The molecule has 1 saturated heterocycles. The van der Waals surface area contributed by atoms with Gasteiger partial charge in [-0.05, 0) is 51.1 Å². The summed E-state index contributed by atoms with van der Waals surface area (Å²) in [7, 11) is 0. The highest BCUT2D eigenvalue weighted by Crippen LogP contribution is 2.26. The Kier molecular flexibility index (Phi) is 5.18. The summed E-state index contributed by atoms with van der Waals surface area (Å²) < 4.78 is 5.70. The van der Waals surface area contributed by atoms with Gasteiger partial charge in [0.2, 0.25) is 0 Å². The molecule has 136 valence electrons. The van der Waals surface area contributed by atoms with Crippen LogP contribution in [0.4, 0.5) is 0 Å². The van der Waals surface area contributed by atoms with Crippen LogP contribution in [0, 0.1) is 6.92 Å². The third kappa shape index (κ3) is 3.74. The van der Waals surface area contributed by atoms with Gasteiger partial charge in [-0.15, -0.1) is 0 Å². The van der Waals surface area contributed by atoms with Crippen LogP contribution in [-0.4, -0.2) is 34.7 Å². The van der Waals surface area contributed by atoms with Crippen molar-refractivity contribution in [3.8, 4) is 11.3 Å². The maximum Gasteiger partial charge on any atom is 0.122 e. The van der Waals surface area contributed by atoms with Gasteiger partial charge >= 0.3 is 0 Å². The first-order valence-electron chi connectivity index (χ1n) is 9.39. The highest BCUT2D eigenvalue weighted by atomic mass is 16.3. The second-order valence-corrected chi connectivity index (χ2v) is 7.04. The molecule has 0 amide bonds. The van der Waals surface area contributed by atoms with Crippen molar-refractivity contribution in [2.45, 2.75) is 32.4 Å². The summed E-state index contributed by atoms with van der Waals surface area (Å²) in [5.74, 6) is 1.05. The Morgan fingerprint density at radius 2 is 2.12 bits per heavy atom. The second kappa shape index (κ2) is 7.89. The fraction of sp³-hybridized carbons (Fsp3) is 0.381. The van der Waals surface area contributed by atoms with Gasteiger partial charge in [0.25, 0.3) is 0 Å². The van der Waals surface area contributed by atoms with Crippen molar-refractivity contribution < 1.29 is 4.42 Å². The monoisotopic (exact) mass is 350 g/mol. The van der Waals surface area contributed by atoms with Gasteiger partial charge in [-0.1, -0.05) is 23.8 Å². The van der Waals surface area contributed by atoms with E-state index in [1.165, 1.54) is 29.5 Å². The Morgan fingerprint density at radius 1 is 1.23 bits per heavy atom. The number of hydrogen-bond acceptors (Lipinski definition) is 4. The number of furan rings is 1. The van der Waals surface area contributed by atoms with Gasteiger partial charge < -0.3 is 9.73 Å². The Bertz CT molecular complexity index is 818. The zero-order chi connectivity index (χ0) is 17.8. The number of likely N-dealkylation sites (tertiary alicyclic amines) is 1. The van der Waals surface area contributed by atoms with Crippen LogP contribution in [0.3, 0.4) is 0 Å². The molecule has 1 atom stereocenters. The molecule has 3 heterocycles. The lowest BCUT2D eigenvalue weighted by molar-refractivity contribution is 0.209. The van der Waals surface area contributed by atoms with Gasteiger partial charge in [0.05, 0.1) is 24.2 Å². The molecule has 4 rings (SSSR count). The lowest BCUT2D eigenvalue weighted by Gasteiger charge is -2.26. The zero-order valence-electron chi connectivity index (χ0n) is 15.2. The normalized spacial score (nSPS) is 16.2. The molecular formula is C21H26N4O.